The van der Waals surface area contributed by atoms with E-state index in [2.05, 4.69) is 20.8 Å². The first-order valence-corrected chi connectivity index (χ1v) is 11.8. The highest BCUT2D eigenvalue weighted by atomic mass is 16.6. The Bertz CT molecular complexity index is 399. The van der Waals surface area contributed by atoms with Crippen molar-refractivity contribution < 1.29 is 19.1 Å². The maximum atomic E-state index is 12.6. The highest BCUT2D eigenvalue weighted by molar-refractivity contribution is 5.99. The third-order valence-electron chi connectivity index (χ3n) is 5.65. The van der Waals surface area contributed by atoms with E-state index < -0.39 is 17.4 Å². The smallest absolute Gasteiger partial charge is 0.323 e. The molecule has 0 aromatic carbocycles. The zero-order valence-corrected chi connectivity index (χ0v) is 19.3. The number of ether oxygens (including phenoxy) is 2. The molecule has 0 spiro atoms. The molecule has 0 unspecified atom stereocenters. The van der Waals surface area contributed by atoms with E-state index in [1.807, 2.05) is 13.8 Å². The molecule has 0 atom stereocenters. The van der Waals surface area contributed by atoms with Gasteiger partial charge >= 0.3 is 11.9 Å². The maximum absolute atomic E-state index is 12.6. The molecular formula is C24H46O4. The van der Waals surface area contributed by atoms with Gasteiger partial charge in [-0.3, -0.25) is 9.59 Å². The van der Waals surface area contributed by atoms with Crippen LogP contribution in [0.4, 0.5) is 0 Å². The summed E-state index contributed by atoms with van der Waals surface area (Å²) in [6.07, 6.45) is 14.1. The minimum Gasteiger partial charge on any atom is -0.465 e. The molecule has 0 radical (unpaired) electrons. The van der Waals surface area contributed by atoms with E-state index in [-0.39, 0.29) is 0 Å². The fraction of sp³-hybridized carbons (Fsp3) is 0.917. The van der Waals surface area contributed by atoms with E-state index in [1.54, 1.807) is 0 Å². The van der Waals surface area contributed by atoms with Crippen molar-refractivity contribution >= 4 is 11.9 Å². The Morgan fingerprint density at radius 1 is 0.679 bits per heavy atom. The van der Waals surface area contributed by atoms with Crippen LogP contribution in [0, 0.1) is 11.3 Å². The van der Waals surface area contributed by atoms with Gasteiger partial charge in [0.05, 0.1) is 13.2 Å². The summed E-state index contributed by atoms with van der Waals surface area (Å²) in [4.78, 5) is 25.1. The van der Waals surface area contributed by atoms with Crippen molar-refractivity contribution in [3.8, 4) is 0 Å². The van der Waals surface area contributed by atoms with Gasteiger partial charge in [0.15, 0.2) is 5.41 Å². The Labute approximate surface area is 174 Å². The minimum atomic E-state index is -1.14. The van der Waals surface area contributed by atoms with Crippen LogP contribution in [-0.4, -0.2) is 25.2 Å². The molecule has 0 saturated heterocycles. The number of unbranched alkanes of at least 4 members (excludes halogenated alkanes) is 9. The summed E-state index contributed by atoms with van der Waals surface area (Å²) in [5, 5.41) is 0. The summed E-state index contributed by atoms with van der Waals surface area (Å²) in [6, 6.07) is 0. The second-order valence-corrected chi connectivity index (χ2v) is 8.43. The van der Waals surface area contributed by atoms with Crippen molar-refractivity contribution in [3.05, 3.63) is 0 Å². The van der Waals surface area contributed by atoms with Crippen molar-refractivity contribution in [2.75, 3.05) is 13.2 Å². The first-order valence-electron chi connectivity index (χ1n) is 11.8. The van der Waals surface area contributed by atoms with Gasteiger partial charge in [-0.05, 0) is 31.6 Å². The van der Waals surface area contributed by atoms with Crippen LogP contribution in [-0.2, 0) is 19.1 Å². The van der Waals surface area contributed by atoms with Crippen LogP contribution in [0.5, 0.6) is 0 Å². The molecule has 0 N–H and O–H groups in total. The summed E-state index contributed by atoms with van der Waals surface area (Å²) < 4.78 is 10.9. The number of carbonyl (C=O) groups is 2. The number of rotatable bonds is 18. The van der Waals surface area contributed by atoms with Gasteiger partial charge in [-0.2, -0.15) is 0 Å². The summed E-state index contributed by atoms with van der Waals surface area (Å²) in [5.74, 6) is -0.372. The topological polar surface area (TPSA) is 52.6 Å². The molecule has 0 saturated carbocycles. The molecule has 0 aliphatic carbocycles. The van der Waals surface area contributed by atoms with E-state index in [4.69, 9.17) is 9.47 Å². The lowest BCUT2D eigenvalue weighted by atomic mass is 9.82. The van der Waals surface area contributed by atoms with Crippen LogP contribution >= 0.6 is 0 Å². The Hall–Kier alpha value is -1.06. The minimum absolute atomic E-state index is 0.365. The van der Waals surface area contributed by atoms with Crippen LogP contribution in [0.2, 0.25) is 0 Å². The van der Waals surface area contributed by atoms with E-state index in [0.29, 0.717) is 32.0 Å². The van der Waals surface area contributed by atoms with Crippen LogP contribution in [0.25, 0.3) is 0 Å². The average Bonchev–Trinajstić information content (AvgIpc) is 2.67. The average molecular weight is 399 g/mol. The number of hydrogen-bond acceptors (Lipinski definition) is 4. The Kier molecular flexibility index (Phi) is 16.2. The molecule has 0 rings (SSSR count). The van der Waals surface area contributed by atoms with Crippen molar-refractivity contribution in [1.29, 1.82) is 0 Å². The molecular weight excluding hydrogens is 352 g/mol. The van der Waals surface area contributed by atoms with Crippen LogP contribution in [0.3, 0.4) is 0 Å². The van der Waals surface area contributed by atoms with Gasteiger partial charge < -0.3 is 9.47 Å². The third-order valence-corrected chi connectivity index (χ3v) is 5.65. The van der Waals surface area contributed by atoms with Crippen molar-refractivity contribution in [1.82, 2.24) is 0 Å². The summed E-state index contributed by atoms with van der Waals surface area (Å²) in [7, 11) is 0. The zero-order valence-electron chi connectivity index (χ0n) is 19.3. The van der Waals surface area contributed by atoms with Crippen molar-refractivity contribution in [3.63, 3.8) is 0 Å². The van der Waals surface area contributed by atoms with Crippen molar-refractivity contribution in [2.24, 2.45) is 11.3 Å². The number of esters is 2. The molecule has 0 amide bonds. The first-order chi connectivity index (χ1) is 13.4. The molecule has 4 nitrogen and oxygen atoms in total. The SMILES string of the molecule is CCCCCCCCCCCCOC(=O)C(CC)(CC)C(=O)OCCC(C)C. The van der Waals surface area contributed by atoms with Gasteiger partial charge in [-0.1, -0.05) is 92.4 Å². The Morgan fingerprint density at radius 2 is 1.11 bits per heavy atom. The molecule has 0 heterocycles. The maximum Gasteiger partial charge on any atom is 0.323 e. The van der Waals surface area contributed by atoms with Gasteiger partial charge in [0.2, 0.25) is 0 Å². The summed E-state index contributed by atoms with van der Waals surface area (Å²) in [6.45, 7) is 10.9. The van der Waals surface area contributed by atoms with E-state index >= 15 is 0 Å². The fourth-order valence-corrected chi connectivity index (χ4v) is 3.33. The van der Waals surface area contributed by atoms with Gasteiger partial charge in [0.1, 0.15) is 0 Å². The highest BCUT2D eigenvalue weighted by Crippen LogP contribution is 2.30. The lowest BCUT2D eigenvalue weighted by molar-refractivity contribution is -0.173. The second kappa shape index (κ2) is 16.9. The predicted octanol–water partition coefficient (Wildman–Crippen LogP) is 6.85. The highest BCUT2D eigenvalue weighted by Gasteiger charge is 2.45. The van der Waals surface area contributed by atoms with Gasteiger partial charge in [-0.25, -0.2) is 0 Å². The third kappa shape index (κ3) is 11.1. The molecule has 0 aliphatic rings. The quantitative estimate of drug-likeness (QED) is 0.144. The number of carbonyl (C=O) groups excluding carboxylic acids is 2. The number of hydrogen-bond donors (Lipinski definition) is 0. The van der Waals surface area contributed by atoms with Gasteiger partial charge in [-0.15, -0.1) is 0 Å². The van der Waals surface area contributed by atoms with Crippen LogP contribution in [0.1, 0.15) is 118 Å². The molecule has 4 heteroatoms. The zero-order chi connectivity index (χ0) is 21.3. The summed E-state index contributed by atoms with van der Waals surface area (Å²) >= 11 is 0. The lowest BCUT2D eigenvalue weighted by Gasteiger charge is -2.27. The molecule has 0 fully saturated rings. The normalized spacial score (nSPS) is 11.6. The molecule has 28 heavy (non-hydrogen) atoms. The van der Waals surface area contributed by atoms with E-state index in [0.717, 1.165) is 19.3 Å². The predicted molar refractivity (Wildman–Crippen MR) is 116 cm³/mol. The van der Waals surface area contributed by atoms with Gasteiger partial charge in [0, 0.05) is 0 Å². The second-order valence-electron chi connectivity index (χ2n) is 8.43. The largest absolute Gasteiger partial charge is 0.465 e. The van der Waals surface area contributed by atoms with Crippen LogP contribution < -0.4 is 0 Å². The molecule has 0 aliphatic heterocycles. The van der Waals surface area contributed by atoms with Crippen molar-refractivity contribution in [2.45, 2.75) is 118 Å². The van der Waals surface area contributed by atoms with Crippen LogP contribution in [0.15, 0.2) is 0 Å². The van der Waals surface area contributed by atoms with Gasteiger partial charge in [0.25, 0.3) is 0 Å². The monoisotopic (exact) mass is 398 g/mol. The molecule has 0 aromatic rings. The molecule has 0 bridgehead atoms. The molecule has 166 valence electrons. The standard InChI is InChI=1S/C24H46O4/c1-6-9-10-11-12-13-14-15-16-17-19-27-22(25)24(7-2,8-3)23(26)28-20-18-21(4)5/h21H,6-20H2,1-5H3. The van der Waals surface area contributed by atoms with E-state index in [9.17, 15) is 9.59 Å². The Morgan fingerprint density at radius 3 is 1.54 bits per heavy atom. The Balaban J connectivity index is 4.05. The molecule has 0 aromatic heterocycles. The lowest BCUT2D eigenvalue weighted by Crippen LogP contribution is -2.41. The fourth-order valence-electron chi connectivity index (χ4n) is 3.33. The summed E-state index contributed by atoms with van der Waals surface area (Å²) in [5.41, 5.74) is -1.14. The van der Waals surface area contributed by atoms with E-state index in [1.165, 1.54) is 51.4 Å². The first kappa shape index (κ1) is 26.9.